The molecule has 1 aliphatic heterocycles. The Morgan fingerprint density at radius 2 is 2.15 bits per heavy atom. The van der Waals surface area contributed by atoms with E-state index in [0.29, 0.717) is 25.2 Å². The van der Waals surface area contributed by atoms with Crippen LogP contribution in [0, 0.1) is 0 Å². The summed E-state index contributed by atoms with van der Waals surface area (Å²) in [6.07, 6.45) is 5.39. The highest BCUT2D eigenvalue weighted by atomic mass is 79.9. The number of ether oxygens (including phenoxy) is 1. The number of aliphatic hydroxyl groups excluding tert-OH is 1. The molecule has 26 heavy (non-hydrogen) atoms. The van der Waals surface area contributed by atoms with Crippen LogP contribution in [0.25, 0.3) is 0 Å². The summed E-state index contributed by atoms with van der Waals surface area (Å²) in [6, 6.07) is 7.75. The third-order valence-corrected chi connectivity index (χ3v) is 5.37. The first-order valence-corrected chi connectivity index (χ1v) is 9.91. The molecular weight excluding hydrogens is 398 g/mol. The first kappa shape index (κ1) is 19.0. The second-order valence-electron chi connectivity index (χ2n) is 6.97. The third-order valence-electron chi connectivity index (χ3n) is 4.88. The number of hydrogen-bond donors (Lipinski definition) is 1. The van der Waals surface area contributed by atoms with Crippen molar-refractivity contribution in [3.8, 4) is 0 Å². The quantitative estimate of drug-likeness (QED) is 0.389. The number of aliphatic hydroxyl groups is 1. The van der Waals surface area contributed by atoms with E-state index in [2.05, 4.69) is 21.1 Å². The van der Waals surface area contributed by atoms with Crippen molar-refractivity contribution in [1.29, 1.82) is 0 Å². The van der Waals surface area contributed by atoms with Gasteiger partial charge in [0.1, 0.15) is 23.5 Å². The molecule has 3 rings (SSSR count). The van der Waals surface area contributed by atoms with Crippen molar-refractivity contribution >= 4 is 27.6 Å². The lowest BCUT2D eigenvalue weighted by molar-refractivity contribution is -0.157. The predicted molar refractivity (Wildman–Crippen MR) is 103 cm³/mol. The highest BCUT2D eigenvalue weighted by Gasteiger charge is 2.44. The summed E-state index contributed by atoms with van der Waals surface area (Å²) in [4.78, 5) is 18.0. The Balaban J connectivity index is 1.76. The van der Waals surface area contributed by atoms with Crippen LogP contribution in [0.3, 0.4) is 0 Å². The van der Waals surface area contributed by atoms with E-state index >= 15 is 0 Å². The van der Waals surface area contributed by atoms with Gasteiger partial charge in [-0.25, -0.2) is 4.79 Å². The zero-order valence-corrected chi connectivity index (χ0v) is 16.5. The lowest BCUT2D eigenvalue weighted by atomic mass is 9.90. The zero-order valence-electron chi connectivity index (χ0n) is 15.0. The minimum absolute atomic E-state index is 0.0846. The average molecular weight is 422 g/mol. The number of rotatable bonds is 6. The van der Waals surface area contributed by atoms with E-state index in [-0.39, 0.29) is 11.3 Å². The number of nitrogens with zero attached hydrogens (tertiary/aromatic N) is 1. The Hall–Kier alpha value is -1.82. The van der Waals surface area contributed by atoms with Gasteiger partial charge >= 0.3 is 5.97 Å². The van der Waals surface area contributed by atoms with Crippen LogP contribution < -0.4 is 0 Å². The number of carbonyl (C=O) groups is 1. The van der Waals surface area contributed by atoms with Crippen LogP contribution in [0.5, 0.6) is 0 Å². The van der Waals surface area contributed by atoms with Gasteiger partial charge < -0.3 is 14.7 Å². The molecule has 1 aromatic carbocycles. The number of hydrogen-bond acceptors (Lipinski definition) is 5. The number of benzene rings is 1. The Bertz CT molecular complexity index is 735. The summed E-state index contributed by atoms with van der Waals surface area (Å²) in [6.45, 7) is 2.29. The van der Waals surface area contributed by atoms with Crippen LogP contribution in [0.2, 0.25) is 0 Å². The molecule has 0 unspecified atom stereocenters. The Morgan fingerprint density at radius 3 is 2.81 bits per heavy atom. The highest BCUT2D eigenvalue weighted by molar-refractivity contribution is 9.10. The second kappa shape index (κ2) is 8.25. The fourth-order valence-electron chi connectivity index (χ4n) is 3.64. The van der Waals surface area contributed by atoms with Crippen molar-refractivity contribution < 1.29 is 19.5 Å². The van der Waals surface area contributed by atoms with E-state index in [9.17, 15) is 9.90 Å². The van der Waals surface area contributed by atoms with E-state index in [0.717, 1.165) is 42.1 Å². The van der Waals surface area contributed by atoms with Gasteiger partial charge in [0.15, 0.2) is 0 Å². The van der Waals surface area contributed by atoms with E-state index in [4.69, 9.17) is 9.57 Å². The lowest BCUT2D eigenvalue weighted by Crippen LogP contribution is -2.39. The van der Waals surface area contributed by atoms with Crippen molar-refractivity contribution in [3.05, 3.63) is 45.6 Å². The van der Waals surface area contributed by atoms with Gasteiger partial charge in [0.2, 0.25) is 0 Å². The van der Waals surface area contributed by atoms with E-state index in [1.165, 1.54) is 0 Å². The molecule has 1 aromatic rings. The molecule has 5 nitrogen and oxygen atoms in total. The maximum absolute atomic E-state index is 12.6. The summed E-state index contributed by atoms with van der Waals surface area (Å²) in [7, 11) is 0. The molecule has 1 heterocycles. The molecule has 0 atom stereocenters. The van der Waals surface area contributed by atoms with E-state index < -0.39 is 11.6 Å². The van der Waals surface area contributed by atoms with Crippen LogP contribution in [-0.4, -0.2) is 22.4 Å². The maximum atomic E-state index is 12.6. The Labute approximate surface area is 162 Å². The van der Waals surface area contributed by atoms with Gasteiger partial charge in [0.05, 0.1) is 5.71 Å². The molecule has 1 aliphatic carbocycles. The van der Waals surface area contributed by atoms with E-state index in [1.807, 2.05) is 31.2 Å². The van der Waals surface area contributed by atoms with Crippen molar-refractivity contribution in [2.24, 2.45) is 5.16 Å². The Kier molecular flexibility index (Phi) is 6.01. The monoisotopic (exact) mass is 421 g/mol. The summed E-state index contributed by atoms with van der Waals surface area (Å²) in [5, 5.41) is 14.7. The average Bonchev–Trinajstić information content (AvgIpc) is 3.01. The molecule has 0 saturated heterocycles. The first-order valence-electron chi connectivity index (χ1n) is 9.12. The van der Waals surface area contributed by atoms with Crippen LogP contribution in [0.4, 0.5) is 0 Å². The minimum Gasteiger partial charge on any atom is -0.511 e. The summed E-state index contributed by atoms with van der Waals surface area (Å²) < 4.78 is 6.69. The molecular formula is C20H24BrNO4. The highest BCUT2D eigenvalue weighted by Crippen LogP contribution is 2.42. The third kappa shape index (κ3) is 4.29. The van der Waals surface area contributed by atoms with Crippen LogP contribution in [-0.2, 0) is 21.0 Å². The van der Waals surface area contributed by atoms with Gasteiger partial charge in [-0.05, 0) is 49.8 Å². The van der Waals surface area contributed by atoms with Crippen molar-refractivity contribution in [3.63, 3.8) is 0 Å². The van der Waals surface area contributed by atoms with Crippen LogP contribution >= 0.6 is 15.9 Å². The molecule has 0 radical (unpaired) electrons. The lowest BCUT2D eigenvalue weighted by Gasteiger charge is -2.33. The topological polar surface area (TPSA) is 68.1 Å². The largest absolute Gasteiger partial charge is 0.511 e. The standard InChI is InChI=1S/C20H24BrNO4/c1-2-6-16(22-25-13-14-7-5-8-15(21)11-14)18-17(23)12-20(26-19(18)24)9-3-4-10-20/h5,7-8,11,23H,2-4,6,9-10,12-13H2,1H3/b22-16+. The van der Waals surface area contributed by atoms with Crippen LogP contribution in [0.1, 0.15) is 57.4 Å². The van der Waals surface area contributed by atoms with Crippen molar-refractivity contribution in [1.82, 2.24) is 0 Å². The van der Waals surface area contributed by atoms with Crippen molar-refractivity contribution in [2.75, 3.05) is 0 Å². The first-order chi connectivity index (χ1) is 12.5. The smallest absolute Gasteiger partial charge is 0.344 e. The molecule has 140 valence electrons. The fourth-order valence-corrected chi connectivity index (χ4v) is 4.09. The van der Waals surface area contributed by atoms with Gasteiger partial charge in [-0.1, -0.05) is 46.6 Å². The molecule has 1 fully saturated rings. The molecule has 1 N–H and O–H groups in total. The molecule has 1 spiro atoms. The number of halogens is 1. The number of carbonyl (C=O) groups excluding carboxylic acids is 1. The number of oxime groups is 1. The minimum atomic E-state index is -0.515. The van der Waals surface area contributed by atoms with Gasteiger partial charge in [-0.2, -0.15) is 0 Å². The van der Waals surface area contributed by atoms with Gasteiger partial charge in [-0.15, -0.1) is 0 Å². The van der Waals surface area contributed by atoms with Gasteiger partial charge in [0.25, 0.3) is 0 Å². The second-order valence-corrected chi connectivity index (χ2v) is 7.89. The Morgan fingerprint density at radius 1 is 1.38 bits per heavy atom. The van der Waals surface area contributed by atoms with Gasteiger partial charge in [0, 0.05) is 10.9 Å². The summed E-state index contributed by atoms with van der Waals surface area (Å²) in [5.74, 6) is -0.393. The summed E-state index contributed by atoms with van der Waals surface area (Å²) >= 11 is 3.42. The zero-order chi connectivity index (χ0) is 18.6. The molecule has 2 aliphatic rings. The summed E-state index contributed by atoms with van der Waals surface area (Å²) in [5.41, 5.74) is 1.09. The van der Waals surface area contributed by atoms with Gasteiger partial charge in [-0.3, -0.25) is 0 Å². The van der Waals surface area contributed by atoms with Crippen molar-refractivity contribution in [2.45, 2.75) is 64.1 Å². The fraction of sp³-hybridized carbons (Fsp3) is 0.500. The molecule has 1 saturated carbocycles. The van der Waals surface area contributed by atoms with Crippen LogP contribution in [0.15, 0.2) is 45.2 Å². The molecule has 6 heteroatoms. The van der Waals surface area contributed by atoms with E-state index in [1.54, 1.807) is 0 Å². The normalized spacial score (nSPS) is 19.8. The molecule has 0 aromatic heterocycles. The number of esters is 1. The SMILES string of the molecule is CCC/C(=N\OCc1cccc(Br)c1)C1=C(O)CC2(CCCC2)OC1=O. The molecule has 0 amide bonds. The molecule has 0 bridgehead atoms. The predicted octanol–water partition coefficient (Wildman–Crippen LogP) is 5.19. The maximum Gasteiger partial charge on any atom is 0.344 e.